The molecule has 0 aliphatic heterocycles. The summed E-state index contributed by atoms with van der Waals surface area (Å²) in [6.07, 6.45) is 3.40. The average Bonchev–Trinajstić information content (AvgIpc) is 2.79. The van der Waals surface area contributed by atoms with Crippen LogP contribution < -0.4 is 15.8 Å². The topological polar surface area (TPSA) is 103 Å². The maximum atomic E-state index is 12.1. The second-order valence-electron chi connectivity index (χ2n) is 6.52. The molecule has 4 aromatic rings. The number of methoxy groups -OCH3 is 1. The highest BCUT2D eigenvalue weighted by molar-refractivity contribution is 14.1. The number of benzene rings is 2. The number of fused-ring (bicyclic) bond motifs is 1. The third kappa shape index (κ3) is 4.04. The highest BCUT2D eigenvalue weighted by atomic mass is 127. The highest BCUT2D eigenvalue weighted by Crippen LogP contribution is 2.31. The zero-order valence-electron chi connectivity index (χ0n) is 16.1. The predicted octanol–water partition coefficient (Wildman–Crippen LogP) is 4.48. The maximum absolute atomic E-state index is 12.1. The smallest absolute Gasteiger partial charge is 0.250 e. The molecule has 0 saturated heterocycles. The molecule has 0 aliphatic carbocycles. The van der Waals surface area contributed by atoms with Crippen LogP contribution in [-0.4, -0.2) is 28.0 Å². The molecule has 3 N–H and O–H groups in total. The summed E-state index contributed by atoms with van der Waals surface area (Å²) in [6, 6.07) is 14.9. The Labute approximate surface area is 186 Å². The van der Waals surface area contributed by atoms with Gasteiger partial charge in [-0.2, -0.15) is 0 Å². The van der Waals surface area contributed by atoms with Crippen molar-refractivity contribution in [3.05, 3.63) is 72.1 Å². The normalized spacial score (nSPS) is 10.7. The maximum Gasteiger partial charge on any atom is 0.250 e. The standard InChI is InChI=1S/C22H18IN5O2/c1-30-15-5-7-19-17(10-15)22(28-21(26-19)14-3-2-8-25-12-14)27-18-6-4-13(11-23)9-16(18)20(24)29/h2-10,12H,11H2,1H3,(H2,24,29)(H,26,27,28). The van der Waals surface area contributed by atoms with Crippen molar-refractivity contribution in [3.63, 3.8) is 0 Å². The van der Waals surface area contributed by atoms with E-state index in [1.54, 1.807) is 25.6 Å². The number of anilines is 2. The number of aromatic nitrogens is 3. The molecular weight excluding hydrogens is 493 g/mol. The van der Waals surface area contributed by atoms with Crippen molar-refractivity contribution < 1.29 is 9.53 Å². The Balaban J connectivity index is 1.89. The second-order valence-corrected chi connectivity index (χ2v) is 7.29. The van der Waals surface area contributed by atoms with Crippen LogP contribution in [0.25, 0.3) is 22.3 Å². The van der Waals surface area contributed by atoms with Gasteiger partial charge in [0.25, 0.3) is 5.91 Å². The molecule has 0 atom stereocenters. The first kappa shape index (κ1) is 20.0. The summed E-state index contributed by atoms with van der Waals surface area (Å²) >= 11 is 2.25. The molecule has 4 rings (SSSR count). The van der Waals surface area contributed by atoms with Crippen LogP contribution in [-0.2, 0) is 4.43 Å². The quantitative estimate of drug-likeness (QED) is 0.293. The third-order valence-corrected chi connectivity index (χ3v) is 5.46. The summed E-state index contributed by atoms with van der Waals surface area (Å²) in [5.74, 6) is 1.24. The Bertz CT molecular complexity index is 1230. The Morgan fingerprint density at radius 3 is 2.73 bits per heavy atom. The van der Waals surface area contributed by atoms with E-state index in [1.165, 1.54) is 0 Å². The summed E-state index contributed by atoms with van der Waals surface area (Å²) in [4.78, 5) is 25.6. The molecule has 0 spiro atoms. The molecule has 0 fully saturated rings. The Hall–Kier alpha value is -3.27. The van der Waals surface area contributed by atoms with E-state index in [0.29, 0.717) is 28.6 Å². The van der Waals surface area contributed by atoms with Crippen LogP contribution in [0, 0.1) is 0 Å². The van der Waals surface area contributed by atoms with Gasteiger partial charge >= 0.3 is 0 Å². The minimum absolute atomic E-state index is 0.404. The van der Waals surface area contributed by atoms with Crippen molar-refractivity contribution in [2.45, 2.75) is 4.43 Å². The van der Waals surface area contributed by atoms with Crippen molar-refractivity contribution in [3.8, 4) is 17.1 Å². The number of carbonyl (C=O) groups is 1. The lowest BCUT2D eigenvalue weighted by Gasteiger charge is -2.14. The fourth-order valence-electron chi connectivity index (χ4n) is 3.07. The average molecular weight is 511 g/mol. The zero-order chi connectivity index (χ0) is 21.1. The lowest BCUT2D eigenvalue weighted by atomic mass is 10.1. The second kappa shape index (κ2) is 8.62. The summed E-state index contributed by atoms with van der Waals surface area (Å²) in [7, 11) is 1.60. The number of nitrogens with zero attached hydrogens (tertiary/aromatic N) is 3. The van der Waals surface area contributed by atoms with Gasteiger partial charge in [-0.3, -0.25) is 9.78 Å². The van der Waals surface area contributed by atoms with E-state index in [-0.39, 0.29) is 0 Å². The first-order valence-electron chi connectivity index (χ1n) is 9.11. The summed E-state index contributed by atoms with van der Waals surface area (Å²) < 4.78 is 6.14. The first-order chi connectivity index (χ1) is 14.6. The van der Waals surface area contributed by atoms with Gasteiger partial charge < -0.3 is 15.8 Å². The number of hydrogen-bond donors (Lipinski definition) is 2. The number of halogens is 1. The Morgan fingerprint density at radius 2 is 2.03 bits per heavy atom. The van der Waals surface area contributed by atoms with Gasteiger partial charge in [-0.1, -0.05) is 28.7 Å². The molecule has 30 heavy (non-hydrogen) atoms. The van der Waals surface area contributed by atoms with Gasteiger partial charge in [0.15, 0.2) is 5.82 Å². The molecule has 1 amide bonds. The largest absolute Gasteiger partial charge is 0.497 e. The van der Waals surface area contributed by atoms with Crippen LogP contribution in [0.2, 0.25) is 0 Å². The van der Waals surface area contributed by atoms with Gasteiger partial charge in [-0.05, 0) is 48.0 Å². The van der Waals surface area contributed by atoms with E-state index in [9.17, 15) is 4.79 Å². The molecule has 8 heteroatoms. The van der Waals surface area contributed by atoms with E-state index in [4.69, 9.17) is 15.5 Å². The number of ether oxygens (including phenoxy) is 1. The molecule has 7 nitrogen and oxygen atoms in total. The van der Waals surface area contributed by atoms with E-state index >= 15 is 0 Å². The van der Waals surface area contributed by atoms with Crippen molar-refractivity contribution in [2.75, 3.05) is 12.4 Å². The lowest BCUT2D eigenvalue weighted by Crippen LogP contribution is -2.14. The zero-order valence-corrected chi connectivity index (χ0v) is 18.3. The van der Waals surface area contributed by atoms with Gasteiger partial charge in [-0.25, -0.2) is 9.97 Å². The number of pyridine rings is 1. The van der Waals surface area contributed by atoms with Crippen LogP contribution >= 0.6 is 22.6 Å². The van der Waals surface area contributed by atoms with Gasteiger partial charge in [0.05, 0.1) is 23.9 Å². The van der Waals surface area contributed by atoms with Crippen molar-refractivity contribution in [1.82, 2.24) is 15.0 Å². The third-order valence-electron chi connectivity index (χ3n) is 4.58. The van der Waals surface area contributed by atoms with Crippen LogP contribution in [0.5, 0.6) is 5.75 Å². The molecule has 0 bridgehead atoms. The lowest BCUT2D eigenvalue weighted by molar-refractivity contribution is 0.100. The summed E-state index contributed by atoms with van der Waals surface area (Å²) in [5, 5.41) is 4.04. The summed E-state index contributed by atoms with van der Waals surface area (Å²) in [5.41, 5.74) is 9.15. The van der Waals surface area contributed by atoms with Crippen LogP contribution in [0.4, 0.5) is 11.5 Å². The van der Waals surface area contributed by atoms with Crippen molar-refractivity contribution in [2.24, 2.45) is 5.73 Å². The molecule has 150 valence electrons. The monoisotopic (exact) mass is 511 g/mol. The number of nitrogens with one attached hydrogen (secondary N) is 1. The molecular formula is C22H18IN5O2. The molecule has 2 aromatic heterocycles. The highest BCUT2D eigenvalue weighted by Gasteiger charge is 2.15. The number of alkyl halides is 1. The van der Waals surface area contributed by atoms with E-state index in [2.05, 4.69) is 37.9 Å². The fraction of sp³-hybridized carbons (Fsp3) is 0.0909. The van der Waals surface area contributed by atoms with Crippen molar-refractivity contribution in [1.29, 1.82) is 0 Å². The molecule has 0 saturated carbocycles. The number of rotatable bonds is 6. The van der Waals surface area contributed by atoms with Crippen molar-refractivity contribution >= 4 is 50.9 Å². The fourth-order valence-corrected chi connectivity index (χ4v) is 3.54. The number of nitrogens with two attached hydrogens (primary N) is 1. The minimum atomic E-state index is -0.507. The SMILES string of the molecule is COc1ccc2nc(-c3cccnc3)nc(Nc3ccc(CI)cc3C(N)=O)c2c1. The molecule has 0 aliphatic rings. The van der Waals surface area contributed by atoms with Gasteiger partial charge in [-0.15, -0.1) is 0 Å². The number of primary amides is 1. The van der Waals surface area contributed by atoms with Crippen LogP contribution in [0.3, 0.4) is 0 Å². The minimum Gasteiger partial charge on any atom is -0.497 e. The number of hydrogen-bond acceptors (Lipinski definition) is 6. The van der Waals surface area contributed by atoms with Crippen LogP contribution in [0.15, 0.2) is 60.9 Å². The van der Waals surface area contributed by atoms with Crippen LogP contribution in [0.1, 0.15) is 15.9 Å². The van der Waals surface area contributed by atoms with Gasteiger partial charge in [0.2, 0.25) is 0 Å². The van der Waals surface area contributed by atoms with E-state index in [0.717, 1.165) is 26.5 Å². The first-order valence-corrected chi connectivity index (χ1v) is 10.6. The Kier molecular flexibility index (Phi) is 5.75. The predicted molar refractivity (Wildman–Crippen MR) is 125 cm³/mol. The number of carbonyl (C=O) groups excluding carboxylic acids is 1. The number of amides is 1. The van der Waals surface area contributed by atoms with E-state index < -0.39 is 5.91 Å². The van der Waals surface area contributed by atoms with Gasteiger partial charge in [0.1, 0.15) is 11.6 Å². The molecule has 0 unspecified atom stereocenters. The Morgan fingerprint density at radius 1 is 1.17 bits per heavy atom. The molecule has 2 heterocycles. The molecule has 2 aromatic carbocycles. The molecule has 0 radical (unpaired) electrons. The van der Waals surface area contributed by atoms with E-state index in [1.807, 2.05) is 42.5 Å². The summed E-state index contributed by atoms with van der Waals surface area (Å²) in [6.45, 7) is 0. The van der Waals surface area contributed by atoms with Gasteiger partial charge in [0, 0.05) is 27.8 Å².